The van der Waals surface area contributed by atoms with Gasteiger partial charge in [-0.3, -0.25) is 0 Å². The summed E-state index contributed by atoms with van der Waals surface area (Å²) in [4.78, 5) is 0. The Morgan fingerprint density at radius 2 is 2.05 bits per heavy atom. The molecule has 0 saturated heterocycles. The van der Waals surface area contributed by atoms with Crippen LogP contribution in [0, 0.1) is 5.82 Å². The zero-order valence-electron chi connectivity index (χ0n) is 11.8. The van der Waals surface area contributed by atoms with E-state index in [1.807, 2.05) is 13.1 Å². The molecule has 2 atom stereocenters. The van der Waals surface area contributed by atoms with E-state index in [1.165, 1.54) is 23.6 Å². The van der Waals surface area contributed by atoms with E-state index in [0.29, 0.717) is 12.0 Å². The van der Waals surface area contributed by atoms with Crippen LogP contribution in [0.3, 0.4) is 0 Å². The van der Waals surface area contributed by atoms with Gasteiger partial charge in [-0.05, 0) is 55.1 Å². The van der Waals surface area contributed by atoms with Crippen molar-refractivity contribution in [1.29, 1.82) is 0 Å². The van der Waals surface area contributed by atoms with Crippen LogP contribution in [-0.4, -0.2) is 13.1 Å². The Kier molecular flexibility index (Phi) is 3.83. The van der Waals surface area contributed by atoms with E-state index in [9.17, 15) is 4.39 Å². The molecule has 0 amide bonds. The molecule has 2 aromatic rings. The lowest BCUT2D eigenvalue weighted by Crippen LogP contribution is -2.33. The minimum atomic E-state index is -0.149. The Morgan fingerprint density at radius 1 is 1.20 bits per heavy atom. The van der Waals surface area contributed by atoms with E-state index in [4.69, 9.17) is 0 Å². The standard InChI is InChI=1S/C18H20FN/c1-20-18(12-13-5-4-7-15(19)11-13)17-10-9-14-6-2-3-8-16(14)17/h2-8,11,17-18,20H,9-10,12H2,1H3. The summed E-state index contributed by atoms with van der Waals surface area (Å²) in [6.07, 6.45) is 3.20. The highest BCUT2D eigenvalue weighted by molar-refractivity contribution is 5.36. The van der Waals surface area contributed by atoms with Gasteiger partial charge < -0.3 is 5.32 Å². The Labute approximate surface area is 119 Å². The second kappa shape index (κ2) is 5.76. The summed E-state index contributed by atoms with van der Waals surface area (Å²) in [6.45, 7) is 0. The third kappa shape index (κ3) is 2.61. The molecule has 1 nitrogen and oxygen atoms in total. The molecule has 0 aliphatic heterocycles. The molecular formula is C18H20FN. The van der Waals surface area contributed by atoms with Crippen molar-refractivity contribution in [2.75, 3.05) is 7.05 Å². The van der Waals surface area contributed by atoms with Gasteiger partial charge in [0.15, 0.2) is 0 Å². The molecule has 0 saturated carbocycles. The minimum Gasteiger partial charge on any atom is -0.316 e. The number of fused-ring (bicyclic) bond motifs is 1. The van der Waals surface area contributed by atoms with Crippen molar-refractivity contribution in [3.63, 3.8) is 0 Å². The molecule has 0 bridgehead atoms. The van der Waals surface area contributed by atoms with Gasteiger partial charge in [0.05, 0.1) is 0 Å². The van der Waals surface area contributed by atoms with Crippen LogP contribution in [0.25, 0.3) is 0 Å². The minimum absolute atomic E-state index is 0.149. The van der Waals surface area contributed by atoms with E-state index in [-0.39, 0.29) is 5.82 Å². The molecule has 2 aromatic carbocycles. The third-order valence-electron chi connectivity index (χ3n) is 4.38. The summed E-state index contributed by atoms with van der Waals surface area (Å²) in [6, 6.07) is 16.0. The first-order chi connectivity index (χ1) is 9.78. The molecule has 0 radical (unpaired) electrons. The molecule has 0 spiro atoms. The van der Waals surface area contributed by atoms with Gasteiger partial charge in [-0.2, -0.15) is 0 Å². The molecule has 3 rings (SSSR count). The van der Waals surface area contributed by atoms with Crippen LogP contribution in [0.4, 0.5) is 4.39 Å². The van der Waals surface area contributed by atoms with Crippen LogP contribution >= 0.6 is 0 Å². The van der Waals surface area contributed by atoms with E-state index in [2.05, 4.69) is 29.6 Å². The van der Waals surface area contributed by atoms with Crippen LogP contribution in [-0.2, 0) is 12.8 Å². The number of hydrogen-bond acceptors (Lipinski definition) is 1. The van der Waals surface area contributed by atoms with Crippen molar-refractivity contribution in [2.45, 2.75) is 31.2 Å². The molecule has 20 heavy (non-hydrogen) atoms. The van der Waals surface area contributed by atoms with Crippen molar-refractivity contribution in [2.24, 2.45) is 0 Å². The van der Waals surface area contributed by atoms with Gasteiger partial charge in [0, 0.05) is 12.0 Å². The van der Waals surface area contributed by atoms with Gasteiger partial charge >= 0.3 is 0 Å². The zero-order chi connectivity index (χ0) is 13.9. The van der Waals surface area contributed by atoms with E-state index in [1.54, 1.807) is 12.1 Å². The maximum absolute atomic E-state index is 13.3. The number of aryl methyl sites for hydroxylation is 1. The molecule has 1 aliphatic carbocycles. The van der Waals surface area contributed by atoms with Gasteiger partial charge in [-0.15, -0.1) is 0 Å². The second-order valence-electron chi connectivity index (χ2n) is 5.57. The van der Waals surface area contributed by atoms with Crippen LogP contribution < -0.4 is 5.32 Å². The van der Waals surface area contributed by atoms with E-state index < -0.39 is 0 Å². The highest BCUT2D eigenvalue weighted by atomic mass is 19.1. The largest absolute Gasteiger partial charge is 0.316 e. The zero-order valence-corrected chi connectivity index (χ0v) is 11.8. The average Bonchev–Trinajstić information content (AvgIpc) is 2.89. The molecule has 1 N–H and O–H groups in total. The monoisotopic (exact) mass is 269 g/mol. The number of hydrogen-bond donors (Lipinski definition) is 1. The number of nitrogens with one attached hydrogen (secondary N) is 1. The first-order valence-corrected chi connectivity index (χ1v) is 7.27. The number of halogens is 1. The predicted molar refractivity (Wildman–Crippen MR) is 80.5 cm³/mol. The smallest absolute Gasteiger partial charge is 0.123 e. The van der Waals surface area contributed by atoms with Crippen LogP contribution in [0.1, 0.15) is 29.0 Å². The molecule has 0 heterocycles. The maximum Gasteiger partial charge on any atom is 0.123 e. The van der Waals surface area contributed by atoms with Gasteiger partial charge in [-0.1, -0.05) is 36.4 Å². The molecule has 2 heteroatoms. The van der Waals surface area contributed by atoms with Crippen molar-refractivity contribution < 1.29 is 4.39 Å². The van der Waals surface area contributed by atoms with Gasteiger partial charge in [-0.25, -0.2) is 4.39 Å². The van der Waals surface area contributed by atoms with Gasteiger partial charge in [0.25, 0.3) is 0 Å². The lowest BCUT2D eigenvalue weighted by Gasteiger charge is -2.24. The number of likely N-dealkylation sites (N-methyl/N-ethyl adjacent to an activating group) is 1. The summed E-state index contributed by atoms with van der Waals surface area (Å²) < 4.78 is 13.3. The molecule has 104 valence electrons. The van der Waals surface area contributed by atoms with Crippen molar-refractivity contribution >= 4 is 0 Å². The van der Waals surface area contributed by atoms with Crippen molar-refractivity contribution in [3.8, 4) is 0 Å². The van der Waals surface area contributed by atoms with Crippen LogP contribution in [0.5, 0.6) is 0 Å². The van der Waals surface area contributed by atoms with E-state index >= 15 is 0 Å². The average molecular weight is 269 g/mol. The number of rotatable bonds is 4. The molecular weight excluding hydrogens is 249 g/mol. The summed E-state index contributed by atoms with van der Waals surface area (Å²) in [7, 11) is 2.00. The van der Waals surface area contributed by atoms with Gasteiger partial charge in [0.2, 0.25) is 0 Å². The topological polar surface area (TPSA) is 12.0 Å². The Bertz CT molecular complexity index is 593. The quantitative estimate of drug-likeness (QED) is 0.892. The normalized spacial score (nSPS) is 18.8. The van der Waals surface area contributed by atoms with Gasteiger partial charge in [0.1, 0.15) is 5.82 Å². The van der Waals surface area contributed by atoms with Crippen molar-refractivity contribution in [3.05, 3.63) is 71.0 Å². The lowest BCUT2D eigenvalue weighted by molar-refractivity contribution is 0.455. The Morgan fingerprint density at radius 3 is 2.85 bits per heavy atom. The molecule has 0 fully saturated rings. The second-order valence-corrected chi connectivity index (χ2v) is 5.57. The fraction of sp³-hybridized carbons (Fsp3) is 0.333. The highest BCUT2D eigenvalue weighted by Gasteiger charge is 2.28. The molecule has 2 unspecified atom stereocenters. The van der Waals surface area contributed by atoms with Crippen molar-refractivity contribution in [1.82, 2.24) is 5.32 Å². The Hall–Kier alpha value is -1.67. The first kappa shape index (κ1) is 13.3. The van der Waals surface area contributed by atoms with E-state index in [0.717, 1.165) is 18.4 Å². The third-order valence-corrected chi connectivity index (χ3v) is 4.38. The van der Waals surface area contributed by atoms with Crippen LogP contribution in [0.15, 0.2) is 48.5 Å². The fourth-order valence-corrected chi connectivity index (χ4v) is 3.37. The highest BCUT2D eigenvalue weighted by Crippen LogP contribution is 2.36. The fourth-order valence-electron chi connectivity index (χ4n) is 3.37. The Balaban J connectivity index is 1.81. The molecule has 0 aromatic heterocycles. The summed E-state index contributed by atoms with van der Waals surface area (Å²) >= 11 is 0. The summed E-state index contributed by atoms with van der Waals surface area (Å²) in [5, 5.41) is 3.43. The maximum atomic E-state index is 13.3. The van der Waals surface area contributed by atoms with Crippen LogP contribution in [0.2, 0.25) is 0 Å². The summed E-state index contributed by atoms with van der Waals surface area (Å²) in [5.41, 5.74) is 3.99. The summed E-state index contributed by atoms with van der Waals surface area (Å²) in [5.74, 6) is 0.378. The lowest BCUT2D eigenvalue weighted by atomic mass is 9.89. The predicted octanol–water partition coefficient (Wildman–Crippen LogP) is 3.69. The molecule has 1 aliphatic rings. The SMILES string of the molecule is CNC(Cc1cccc(F)c1)C1CCc2ccccc21. The number of benzene rings is 2. The first-order valence-electron chi connectivity index (χ1n) is 7.27.